The average Bonchev–Trinajstić information content (AvgIpc) is 2.51. The predicted molar refractivity (Wildman–Crippen MR) is 50.0 cm³/mol. The van der Waals surface area contributed by atoms with Gasteiger partial charge in [-0.25, -0.2) is 0 Å². The standard InChI is InChI=1S/C9H16N2O3.Na/c1-8-10-3-4-11(8)5-7-14-6-2-9(12)13;/h2-7H2,1H3,(H,12,13);/q;+1/p-1. The minimum absolute atomic E-state index is 0. The number of carboxylic acid groups (broad SMARTS) is 1. The molecule has 5 nitrogen and oxygen atoms in total. The molecule has 6 heteroatoms. The average molecular weight is 222 g/mol. The summed E-state index contributed by atoms with van der Waals surface area (Å²) in [5.74, 6) is -0.0302. The summed E-state index contributed by atoms with van der Waals surface area (Å²) in [4.78, 5) is 16.4. The van der Waals surface area contributed by atoms with Crippen LogP contribution in [0.2, 0.25) is 0 Å². The van der Waals surface area contributed by atoms with Gasteiger partial charge in [-0.15, -0.1) is 0 Å². The van der Waals surface area contributed by atoms with Gasteiger partial charge in [0.05, 0.1) is 25.6 Å². The topological polar surface area (TPSA) is 65.0 Å². The molecule has 0 aliphatic carbocycles. The van der Waals surface area contributed by atoms with Crippen molar-refractivity contribution < 1.29 is 44.2 Å². The van der Waals surface area contributed by atoms with Gasteiger partial charge in [0.2, 0.25) is 0 Å². The number of aliphatic imine (C=N–C) groups is 1. The van der Waals surface area contributed by atoms with E-state index in [9.17, 15) is 9.90 Å². The third-order valence-electron chi connectivity index (χ3n) is 2.12. The molecule has 0 aromatic rings. The summed E-state index contributed by atoms with van der Waals surface area (Å²) in [5.41, 5.74) is 0. The Morgan fingerprint density at radius 2 is 2.33 bits per heavy atom. The molecule has 1 rings (SSSR count). The number of carbonyl (C=O) groups is 1. The summed E-state index contributed by atoms with van der Waals surface area (Å²) in [7, 11) is 0. The number of hydrogen-bond acceptors (Lipinski definition) is 5. The van der Waals surface area contributed by atoms with Gasteiger partial charge < -0.3 is 19.5 Å². The molecular formula is C9H15N2NaO3. The van der Waals surface area contributed by atoms with Crippen molar-refractivity contribution in [2.75, 3.05) is 32.8 Å². The third-order valence-corrected chi connectivity index (χ3v) is 2.12. The first kappa shape index (κ1) is 14.9. The summed E-state index contributed by atoms with van der Waals surface area (Å²) in [5, 5.41) is 10.1. The minimum atomic E-state index is -1.07. The van der Waals surface area contributed by atoms with Gasteiger partial charge in [-0.3, -0.25) is 4.99 Å². The predicted octanol–water partition coefficient (Wildman–Crippen LogP) is -4.12. The van der Waals surface area contributed by atoms with E-state index in [0.29, 0.717) is 6.61 Å². The van der Waals surface area contributed by atoms with E-state index < -0.39 is 5.97 Å². The fraction of sp³-hybridized carbons (Fsp3) is 0.778. The molecular weight excluding hydrogens is 207 g/mol. The zero-order valence-electron chi connectivity index (χ0n) is 9.36. The fourth-order valence-corrected chi connectivity index (χ4v) is 1.30. The normalized spacial score (nSPS) is 14.7. The fourth-order valence-electron chi connectivity index (χ4n) is 1.30. The molecule has 0 saturated heterocycles. The zero-order valence-corrected chi connectivity index (χ0v) is 11.4. The molecule has 0 spiro atoms. The molecule has 1 heterocycles. The number of nitrogens with zero attached hydrogens (tertiary/aromatic N) is 2. The summed E-state index contributed by atoms with van der Waals surface area (Å²) in [6, 6.07) is 0. The first-order valence-electron chi connectivity index (χ1n) is 4.74. The summed E-state index contributed by atoms with van der Waals surface area (Å²) in [6.45, 7) is 5.31. The smallest absolute Gasteiger partial charge is 0.550 e. The Morgan fingerprint density at radius 3 is 2.87 bits per heavy atom. The molecule has 0 radical (unpaired) electrons. The van der Waals surface area contributed by atoms with Crippen LogP contribution in [0.15, 0.2) is 4.99 Å². The molecule has 0 atom stereocenters. The van der Waals surface area contributed by atoms with E-state index in [0.717, 1.165) is 25.5 Å². The quantitative estimate of drug-likeness (QED) is 0.338. The Hall–Kier alpha value is -0.100. The number of carboxylic acids is 1. The molecule has 0 aromatic carbocycles. The molecule has 0 unspecified atom stereocenters. The Bertz CT molecular complexity index is 233. The van der Waals surface area contributed by atoms with Crippen molar-refractivity contribution in [3.63, 3.8) is 0 Å². The third kappa shape index (κ3) is 6.14. The summed E-state index contributed by atoms with van der Waals surface area (Å²) in [6.07, 6.45) is -0.0347. The number of hydrogen-bond donors (Lipinski definition) is 0. The van der Waals surface area contributed by atoms with Gasteiger partial charge in [0.1, 0.15) is 0 Å². The van der Waals surface area contributed by atoms with Crippen LogP contribution < -0.4 is 34.7 Å². The number of aliphatic carboxylic acids is 1. The number of amidine groups is 1. The van der Waals surface area contributed by atoms with Crippen molar-refractivity contribution in [2.24, 2.45) is 4.99 Å². The second-order valence-corrected chi connectivity index (χ2v) is 3.15. The number of ether oxygens (including phenoxy) is 1. The SMILES string of the molecule is CC1=NCCN1CCOCCC(=O)[O-].[Na+]. The van der Waals surface area contributed by atoms with Gasteiger partial charge >= 0.3 is 29.6 Å². The van der Waals surface area contributed by atoms with Gasteiger partial charge in [-0.1, -0.05) is 0 Å². The van der Waals surface area contributed by atoms with E-state index >= 15 is 0 Å². The van der Waals surface area contributed by atoms with Crippen LogP contribution in [0.4, 0.5) is 0 Å². The van der Waals surface area contributed by atoms with Crippen LogP contribution in [0.3, 0.4) is 0 Å². The van der Waals surface area contributed by atoms with Crippen LogP contribution in [0.1, 0.15) is 13.3 Å². The van der Waals surface area contributed by atoms with E-state index in [2.05, 4.69) is 9.89 Å². The van der Waals surface area contributed by atoms with E-state index in [1.807, 2.05) is 6.92 Å². The van der Waals surface area contributed by atoms with Crippen LogP contribution in [0.25, 0.3) is 0 Å². The second kappa shape index (κ2) is 8.10. The summed E-state index contributed by atoms with van der Waals surface area (Å²) < 4.78 is 5.14. The molecule has 0 bridgehead atoms. The van der Waals surface area contributed by atoms with Crippen LogP contribution in [-0.2, 0) is 9.53 Å². The van der Waals surface area contributed by atoms with Gasteiger partial charge in [-0.05, 0) is 6.92 Å². The maximum absolute atomic E-state index is 10.1. The second-order valence-electron chi connectivity index (χ2n) is 3.15. The van der Waals surface area contributed by atoms with Crippen LogP contribution in [0.5, 0.6) is 0 Å². The summed E-state index contributed by atoms with van der Waals surface area (Å²) >= 11 is 0. The Balaban J connectivity index is 0.00000196. The molecule has 15 heavy (non-hydrogen) atoms. The van der Waals surface area contributed by atoms with E-state index in [1.165, 1.54) is 0 Å². The van der Waals surface area contributed by atoms with Crippen molar-refractivity contribution in [1.29, 1.82) is 0 Å². The minimum Gasteiger partial charge on any atom is -0.550 e. The van der Waals surface area contributed by atoms with Gasteiger partial charge in [0, 0.05) is 25.5 Å². The first-order valence-corrected chi connectivity index (χ1v) is 4.74. The van der Waals surface area contributed by atoms with Gasteiger partial charge in [0.25, 0.3) is 0 Å². The van der Waals surface area contributed by atoms with E-state index in [-0.39, 0.29) is 42.6 Å². The molecule has 1 aliphatic heterocycles. The molecule has 0 aromatic heterocycles. The number of carbonyl (C=O) groups excluding carboxylic acids is 1. The molecule has 0 fully saturated rings. The van der Waals surface area contributed by atoms with Crippen molar-refractivity contribution in [2.45, 2.75) is 13.3 Å². The maximum atomic E-state index is 10.1. The monoisotopic (exact) mass is 222 g/mol. The Kier molecular flexibility index (Phi) is 8.04. The van der Waals surface area contributed by atoms with Crippen LogP contribution in [-0.4, -0.2) is 49.6 Å². The Labute approximate surface area is 112 Å². The maximum Gasteiger partial charge on any atom is 1.00 e. The van der Waals surface area contributed by atoms with Crippen molar-refractivity contribution >= 4 is 11.8 Å². The van der Waals surface area contributed by atoms with Gasteiger partial charge in [0.15, 0.2) is 0 Å². The van der Waals surface area contributed by atoms with Crippen molar-refractivity contribution in [3.8, 4) is 0 Å². The van der Waals surface area contributed by atoms with Crippen molar-refractivity contribution in [1.82, 2.24) is 4.90 Å². The van der Waals surface area contributed by atoms with Crippen LogP contribution >= 0.6 is 0 Å². The largest absolute Gasteiger partial charge is 1.00 e. The first-order chi connectivity index (χ1) is 6.70. The Morgan fingerprint density at radius 1 is 1.60 bits per heavy atom. The number of rotatable bonds is 6. The zero-order chi connectivity index (χ0) is 10.4. The van der Waals surface area contributed by atoms with Gasteiger partial charge in [-0.2, -0.15) is 0 Å². The molecule has 0 N–H and O–H groups in total. The molecule has 80 valence electrons. The van der Waals surface area contributed by atoms with Crippen molar-refractivity contribution in [3.05, 3.63) is 0 Å². The van der Waals surface area contributed by atoms with Crippen LogP contribution in [0, 0.1) is 0 Å². The van der Waals surface area contributed by atoms with E-state index in [4.69, 9.17) is 4.74 Å². The van der Waals surface area contributed by atoms with E-state index in [1.54, 1.807) is 0 Å². The molecule has 0 saturated carbocycles. The molecule has 0 amide bonds. The molecule has 1 aliphatic rings.